The van der Waals surface area contributed by atoms with Crippen LogP contribution >= 0.6 is 0 Å². The Bertz CT molecular complexity index is 1420. The highest BCUT2D eigenvalue weighted by Crippen LogP contribution is 2.31. The quantitative estimate of drug-likeness (QED) is 0.297. The van der Waals surface area contributed by atoms with Crippen LogP contribution in [0.1, 0.15) is 39.5 Å². The van der Waals surface area contributed by atoms with Gasteiger partial charge in [-0.1, -0.05) is 13.8 Å². The summed E-state index contributed by atoms with van der Waals surface area (Å²) in [7, 11) is -5.74. The SMILES string of the molecule is CCCC(=O)N(c1ccc(N(C(=O)CCC)S(=O)(=O)c2ccc(OC)cc2)cc1)S(=O)(=O)c1ccc(OC)cc1. The van der Waals surface area contributed by atoms with Crippen molar-refractivity contribution < 1.29 is 35.9 Å². The third kappa shape index (κ3) is 6.45. The smallest absolute Gasteiger partial charge is 0.270 e. The van der Waals surface area contributed by atoms with Crippen LogP contribution in [-0.4, -0.2) is 42.9 Å². The molecule has 0 saturated heterocycles. The lowest BCUT2D eigenvalue weighted by atomic mass is 10.2. The summed E-state index contributed by atoms with van der Waals surface area (Å²) in [5.74, 6) is -0.416. The molecule has 0 aliphatic rings. The molecule has 0 fully saturated rings. The molecule has 2 amide bonds. The van der Waals surface area contributed by atoms with Crippen molar-refractivity contribution in [2.75, 3.05) is 22.8 Å². The van der Waals surface area contributed by atoms with Crippen LogP contribution in [0.15, 0.2) is 82.6 Å². The lowest BCUT2D eigenvalue weighted by Gasteiger charge is -2.25. The number of amides is 2. The predicted molar refractivity (Wildman–Crippen MR) is 152 cm³/mol. The molecule has 12 heteroatoms. The molecule has 0 spiro atoms. The van der Waals surface area contributed by atoms with E-state index in [2.05, 4.69) is 0 Å². The van der Waals surface area contributed by atoms with Gasteiger partial charge in [0.25, 0.3) is 20.0 Å². The molecule has 10 nitrogen and oxygen atoms in total. The molecule has 40 heavy (non-hydrogen) atoms. The average Bonchev–Trinajstić information content (AvgIpc) is 2.94. The van der Waals surface area contributed by atoms with Crippen LogP contribution < -0.4 is 18.1 Å². The summed E-state index contributed by atoms with van der Waals surface area (Å²) >= 11 is 0. The van der Waals surface area contributed by atoms with Gasteiger partial charge in [-0.15, -0.1) is 0 Å². The Kier molecular flexibility index (Phi) is 9.93. The van der Waals surface area contributed by atoms with Crippen molar-refractivity contribution in [3.63, 3.8) is 0 Å². The second-order valence-corrected chi connectivity index (χ2v) is 12.3. The third-order valence-corrected chi connectivity index (χ3v) is 9.42. The molecule has 0 unspecified atom stereocenters. The topological polar surface area (TPSA) is 127 Å². The lowest BCUT2D eigenvalue weighted by molar-refractivity contribution is -0.118. The summed E-state index contributed by atoms with van der Waals surface area (Å²) in [6.07, 6.45) is 0.740. The zero-order valence-electron chi connectivity index (χ0n) is 22.7. The normalized spacial score (nSPS) is 11.5. The van der Waals surface area contributed by atoms with Gasteiger partial charge in [0, 0.05) is 12.8 Å². The molecule has 0 aliphatic heterocycles. The minimum absolute atomic E-state index is 0.00255. The van der Waals surface area contributed by atoms with E-state index in [0.717, 1.165) is 0 Å². The number of carbonyl (C=O) groups is 2. The molecule has 3 aromatic carbocycles. The number of methoxy groups -OCH3 is 2. The highest BCUT2D eigenvalue weighted by Gasteiger charge is 2.33. The van der Waals surface area contributed by atoms with Gasteiger partial charge in [-0.05, 0) is 85.6 Å². The van der Waals surface area contributed by atoms with Crippen molar-refractivity contribution in [3.05, 3.63) is 72.8 Å². The Balaban J connectivity index is 2.08. The maximum absolute atomic E-state index is 13.6. The van der Waals surface area contributed by atoms with E-state index in [1.165, 1.54) is 87.0 Å². The van der Waals surface area contributed by atoms with Gasteiger partial charge < -0.3 is 9.47 Å². The summed E-state index contributed by atoms with van der Waals surface area (Å²) in [5.41, 5.74) is 0.00510. The fourth-order valence-electron chi connectivity index (χ4n) is 3.89. The molecule has 0 aromatic heterocycles. The van der Waals surface area contributed by atoms with Gasteiger partial charge in [0.2, 0.25) is 11.8 Å². The van der Waals surface area contributed by atoms with Crippen LogP contribution in [-0.2, 0) is 29.6 Å². The van der Waals surface area contributed by atoms with Gasteiger partial charge in [-0.25, -0.2) is 25.4 Å². The van der Waals surface area contributed by atoms with Crippen LogP contribution in [0.25, 0.3) is 0 Å². The summed E-state index contributed by atoms with van der Waals surface area (Å²) < 4.78 is 65.8. The van der Waals surface area contributed by atoms with Crippen molar-refractivity contribution in [3.8, 4) is 11.5 Å². The number of sulfonamides is 2. The van der Waals surface area contributed by atoms with Gasteiger partial charge in [0.15, 0.2) is 0 Å². The van der Waals surface area contributed by atoms with E-state index in [0.29, 0.717) is 33.0 Å². The Morgan fingerprint density at radius 3 is 1.12 bits per heavy atom. The largest absolute Gasteiger partial charge is 0.497 e. The molecule has 0 radical (unpaired) electrons. The molecular weight excluding hydrogens is 556 g/mol. The molecule has 3 aromatic rings. The highest BCUT2D eigenvalue weighted by molar-refractivity contribution is 7.94. The van der Waals surface area contributed by atoms with E-state index in [1.807, 2.05) is 0 Å². The Hall–Kier alpha value is -3.90. The van der Waals surface area contributed by atoms with Gasteiger partial charge in [-0.3, -0.25) is 9.59 Å². The van der Waals surface area contributed by atoms with Crippen LogP contribution in [0.4, 0.5) is 11.4 Å². The first kappa shape index (κ1) is 30.6. The van der Waals surface area contributed by atoms with E-state index in [1.54, 1.807) is 13.8 Å². The zero-order valence-corrected chi connectivity index (χ0v) is 24.4. The third-order valence-electron chi connectivity index (χ3n) is 5.89. The first-order valence-electron chi connectivity index (χ1n) is 12.6. The van der Waals surface area contributed by atoms with E-state index >= 15 is 0 Å². The summed E-state index contributed by atoms with van der Waals surface area (Å²) in [6, 6.07) is 16.4. The molecule has 0 aliphatic carbocycles. The number of carbonyl (C=O) groups excluding carboxylic acids is 2. The van der Waals surface area contributed by atoms with E-state index in [4.69, 9.17) is 9.47 Å². The monoisotopic (exact) mass is 588 g/mol. The van der Waals surface area contributed by atoms with Gasteiger partial charge in [0.1, 0.15) is 11.5 Å². The summed E-state index contributed by atoms with van der Waals surface area (Å²) in [5, 5.41) is 0. The Morgan fingerprint density at radius 2 is 0.875 bits per heavy atom. The van der Waals surface area contributed by atoms with Crippen LogP contribution in [0.2, 0.25) is 0 Å². The van der Waals surface area contributed by atoms with Gasteiger partial charge in [-0.2, -0.15) is 0 Å². The number of rotatable bonds is 12. The minimum Gasteiger partial charge on any atom is -0.497 e. The summed E-state index contributed by atoms with van der Waals surface area (Å²) in [6.45, 7) is 3.50. The van der Waals surface area contributed by atoms with E-state index in [-0.39, 0.29) is 34.0 Å². The second-order valence-electron chi connectivity index (χ2n) is 8.69. The molecule has 0 saturated carbocycles. The van der Waals surface area contributed by atoms with E-state index < -0.39 is 31.9 Å². The predicted octanol–water partition coefficient (Wildman–Crippen LogP) is 4.75. The number of hydrogen-bond acceptors (Lipinski definition) is 8. The van der Waals surface area contributed by atoms with E-state index in [9.17, 15) is 26.4 Å². The molecule has 0 heterocycles. The maximum Gasteiger partial charge on any atom is 0.270 e. The first-order valence-corrected chi connectivity index (χ1v) is 15.4. The molecule has 0 bridgehead atoms. The van der Waals surface area contributed by atoms with Crippen molar-refractivity contribution in [2.45, 2.75) is 49.3 Å². The average molecular weight is 589 g/mol. The molecule has 3 rings (SSSR count). The van der Waals surface area contributed by atoms with Crippen molar-refractivity contribution in [1.82, 2.24) is 0 Å². The van der Waals surface area contributed by atoms with Crippen LogP contribution in [0.3, 0.4) is 0 Å². The van der Waals surface area contributed by atoms with Crippen LogP contribution in [0, 0.1) is 0 Å². The maximum atomic E-state index is 13.6. The Morgan fingerprint density at radius 1 is 0.575 bits per heavy atom. The number of benzene rings is 3. The molecular formula is C28H32N2O8S2. The van der Waals surface area contributed by atoms with Gasteiger partial charge >= 0.3 is 0 Å². The van der Waals surface area contributed by atoms with Crippen molar-refractivity contribution >= 4 is 43.2 Å². The summed E-state index contributed by atoms with van der Waals surface area (Å²) in [4.78, 5) is 25.9. The highest BCUT2D eigenvalue weighted by atomic mass is 32.2. The minimum atomic E-state index is -4.32. The first-order chi connectivity index (χ1) is 19.0. The van der Waals surface area contributed by atoms with Gasteiger partial charge in [0.05, 0.1) is 35.4 Å². The molecule has 214 valence electrons. The number of hydrogen-bond donors (Lipinski definition) is 0. The van der Waals surface area contributed by atoms with Crippen LogP contribution in [0.5, 0.6) is 11.5 Å². The number of ether oxygens (including phenoxy) is 2. The lowest BCUT2D eigenvalue weighted by Crippen LogP contribution is -2.38. The fourth-order valence-corrected chi connectivity index (χ4v) is 6.79. The zero-order chi connectivity index (χ0) is 29.5. The van der Waals surface area contributed by atoms with Crippen molar-refractivity contribution in [1.29, 1.82) is 0 Å². The van der Waals surface area contributed by atoms with Crippen molar-refractivity contribution in [2.24, 2.45) is 0 Å². The molecule has 0 N–H and O–H groups in total. The number of anilines is 2. The fraction of sp³-hybridized carbons (Fsp3) is 0.286. The Labute approximate surface area is 235 Å². The molecule has 0 atom stereocenters. The number of nitrogens with zero attached hydrogens (tertiary/aromatic N) is 2. The second kappa shape index (κ2) is 13.0. The standard InChI is InChI=1S/C28H32N2O8S2/c1-5-7-27(31)29(39(33,34)25-17-13-23(37-3)14-18-25)21-9-11-22(12-10-21)30(28(32)8-6-2)40(35,36)26-19-15-24(38-4)16-20-26/h9-20H,5-8H2,1-4H3.